The minimum atomic E-state index is -0.802. The monoisotopic (exact) mass is 250 g/mol. The number of carbonyl (C=O) groups excluding carboxylic acids is 1. The van der Waals surface area contributed by atoms with Crippen LogP contribution in [0.15, 0.2) is 18.2 Å². The van der Waals surface area contributed by atoms with Gasteiger partial charge < -0.3 is 20.5 Å². The number of para-hydroxylation sites is 1. The number of β-amino-alcohol motifs (C(OH)–C–C–N with tert-alkyl or cyclic N) is 1. The fourth-order valence-corrected chi connectivity index (χ4v) is 2.20. The number of hydrogen-bond donors (Lipinski definition) is 2. The molecule has 0 bridgehead atoms. The van der Waals surface area contributed by atoms with Crippen molar-refractivity contribution in [1.82, 2.24) is 4.90 Å². The van der Waals surface area contributed by atoms with E-state index in [1.54, 1.807) is 30.0 Å². The number of carbonyl (C=O) groups is 1. The van der Waals surface area contributed by atoms with E-state index in [1.807, 2.05) is 0 Å². The van der Waals surface area contributed by atoms with Crippen LogP contribution < -0.4 is 10.5 Å². The van der Waals surface area contributed by atoms with Gasteiger partial charge in [-0.15, -0.1) is 0 Å². The van der Waals surface area contributed by atoms with E-state index in [-0.39, 0.29) is 5.91 Å². The van der Waals surface area contributed by atoms with Crippen molar-refractivity contribution in [2.75, 3.05) is 25.9 Å². The molecule has 18 heavy (non-hydrogen) atoms. The van der Waals surface area contributed by atoms with E-state index in [0.29, 0.717) is 36.5 Å². The van der Waals surface area contributed by atoms with Crippen molar-refractivity contribution in [3.8, 4) is 5.75 Å². The second-order valence-corrected chi connectivity index (χ2v) is 4.90. The SMILES string of the molecule is COc1cccc(C(=O)N2CCC(C)(O)C2)c1N. The van der Waals surface area contributed by atoms with Gasteiger partial charge in [-0.2, -0.15) is 0 Å². The number of amides is 1. The van der Waals surface area contributed by atoms with Gasteiger partial charge in [-0.1, -0.05) is 6.07 Å². The molecule has 3 N–H and O–H groups in total. The minimum Gasteiger partial charge on any atom is -0.495 e. The Morgan fingerprint density at radius 3 is 2.83 bits per heavy atom. The van der Waals surface area contributed by atoms with Crippen molar-refractivity contribution in [3.63, 3.8) is 0 Å². The van der Waals surface area contributed by atoms with Gasteiger partial charge in [0, 0.05) is 13.1 Å². The van der Waals surface area contributed by atoms with Crippen molar-refractivity contribution >= 4 is 11.6 Å². The Morgan fingerprint density at radius 2 is 2.28 bits per heavy atom. The van der Waals surface area contributed by atoms with E-state index in [4.69, 9.17) is 10.5 Å². The van der Waals surface area contributed by atoms with Crippen LogP contribution in [-0.2, 0) is 0 Å². The number of hydrogen-bond acceptors (Lipinski definition) is 4. The van der Waals surface area contributed by atoms with Crippen LogP contribution in [0.2, 0.25) is 0 Å². The summed E-state index contributed by atoms with van der Waals surface area (Å²) in [6, 6.07) is 5.12. The Labute approximate surface area is 106 Å². The molecule has 1 aliphatic rings. The molecule has 1 saturated heterocycles. The van der Waals surface area contributed by atoms with Crippen LogP contribution in [0.25, 0.3) is 0 Å². The highest BCUT2D eigenvalue weighted by Gasteiger charge is 2.34. The quantitative estimate of drug-likeness (QED) is 0.764. The third-order valence-electron chi connectivity index (χ3n) is 3.26. The smallest absolute Gasteiger partial charge is 0.256 e. The number of nitrogens with two attached hydrogens (primary N) is 1. The predicted molar refractivity (Wildman–Crippen MR) is 68.6 cm³/mol. The van der Waals surface area contributed by atoms with Gasteiger partial charge in [0.05, 0.1) is 24.0 Å². The highest BCUT2D eigenvalue weighted by atomic mass is 16.5. The molecule has 98 valence electrons. The normalized spacial score (nSPS) is 23.2. The maximum Gasteiger partial charge on any atom is 0.256 e. The van der Waals surface area contributed by atoms with E-state index in [2.05, 4.69) is 0 Å². The van der Waals surface area contributed by atoms with Gasteiger partial charge in [0.1, 0.15) is 5.75 Å². The summed E-state index contributed by atoms with van der Waals surface area (Å²) in [4.78, 5) is 13.9. The Kier molecular flexibility index (Phi) is 3.17. The molecule has 2 rings (SSSR count). The first kappa shape index (κ1) is 12.7. The van der Waals surface area contributed by atoms with Gasteiger partial charge in [-0.25, -0.2) is 0 Å². The maximum absolute atomic E-state index is 12.3. The molecule has 5 nitrogen and oxygen atoms in total. The molecule has 1 amide bonds. The summed E-state index contributed by atoms with van der Waals surface area (Å²) in [6.07, 6.45) is 0.586. The van der Waals surface area contributed by atoms with E-state index in [0.717, 1.165) is 0 Å². The van der Waals surface area contributed by atoms with Gasteiger partial charge >= 0.3 is 0 Å². The number of likely N-dealkylation sites (tertiary alicyclic amines) is 1. The lowest BCUT2D eigenvalue weighted by Gasteiger charge is -2.20. The average Bonchev–Trinajstić information content (AvgIpc) is 2.69. The van der Waals surface area contributed by atoms with Crippen LogP contribution in [-0.4, -0.2) is 41.7 Å². The number of nitrogen functional groups attached to an aromatic ring is 1. The van der Waals surface area contributed by atoms with Crippen LogP contribution in [0.3, 0.4) is 0 Å². The topological polar surface area (TPSA) is 75.8 Å². The predicted octanol–water partition coefficient (Wildman–Crippen LogP) is 0.874. The summed E-state index contributed by atoms with van der Waals surface area (Å²) in [6.45, 7) is 2.61. The van der Waals surface area contributed by atoms with E-state index in [1.165, 1.54) is 7.11 Å². The minimum absolute atomic E-state index is 0.163. The van der Waals surface area contributed by atoms with E-state index < -0.39 is 5.60 Å². The Balaban J connectivity index is 2.25. The van der Waals surface area contributed by atoms with Gasteiger partial charge in [-0.05, 0) is 25.5 Å². The summed E-state index contributed by atoms with van der Waals surface area (Å²) in [5, 5.41) is 9.88. The number of rotatable bonds is 2. The van der Waals surface area contributed by atoms with Crippen molar-refractivity contribution < 1.29 is 14.6 Å². The van der Waals surface area contributed by atoms with Crippen molar-refractivity contribution in [2.45, 2.75) is 18.9 Å². The lowest BCUT2D eigenvalue weighted by atomic mass is 10.1. The van der Waals surface area contributed by atoms with E-state index in [9.17, 15) is 9.90 Å². The Bertz CT molecular complexity index is 471. The first-order valence-electron chi connectivity index (χ1n) is 5.89. The highest BCUT2D eigenvalue weighted by Crippen LogP contribution is 2.28. The zero-order chi connectivity index (χ0) is 13.3. The molecule has 1 aliphatic heterocycles. The van der Waals surface area contributed by atoms with Crippen LogP contribution >= 0.6 is 0 Å². The maximum atomic E-state index is 12.3. The third kappa shape index (κ3) is 2.26. The molecule has 1 fully saturated rings. The molecular formula is C13H18N2O3. The molecule has 0 aromatic heterocycles. The van der Waals surface area contributed by atoms with Gasteiger partial charge in [0.2, 0.25) is 0 Å². The van der Waals surface area contributed by atoms with Gasteiger partial charge in [0.15, 0.2) is 0 Å². The molecule has 0 radical (unpaired) electrons. The van der Waals surface area contributed by atoms with E-state index >= 15 is 0 Å². The van der Waals surface area contributed by atoms with Gasteiger partial charge in [0.25, 0.3) is 5.91 Å². The number of aliphatic hydroxyl groups is 1. The first-order valence-corrected chi connectivity index (χ1v) is 5.89. The Hall–Kier alpha value is -1.75. The summed E-state index contributed by atoms with van der Waals surface area (Å²) < 4.78 is 5.09. The summed E-state index contributed by atoms with van der Waals surface area (Å²) >= 11 is 0. The molecule has 0 spiro atoms. The van der Waals surface area contributed by atoms with Crippen LogP contribution in [0.5, 0.6) is 5.75 Å². The zero-order valence-corrected chi connectivity index (χ0v) is 10.6. The summed E-state index contributed by atoms with van der Waals surface area (Å²) in [5.74, 6) is 0.330. The van der Waals surface area contributed by atoms with Crippen molar-refractivity contribution in [2.24, 2.45) is 0 Å². The largest absolute Gasteiger partial charge is 0.495 e. The molecule has 1 heterocycles. The van der Waals surface area contributed by atoms with Crippen LogP contribution in [0.1, 0.15) is 23.7 Å². The fraction of sp³-hybridized carbons (Fsp3) is 0.462. The molecule has 1 atom stereocenters. The van der Waals surface area contributed by atoms with Crippen LogP contribution in [0.4, 0.5) is 5.69 Å². The zero-order valence-electron chi connectivity index (χ0n) is 10.6. The molecule has 1 unspecified atom stereocenters. The number of anilines is 1. The number of methoxy groups -OCH3 is 1. The fourth-order valence-electron chi connectivity index (χ4n) is 2.20. The second kappa shape index (κ2) is 4.49. The number of ether oxygens (including phenoxy) is 1. The molecule has 1 aromatic carbocycles. The lowest BCUT2D eigenvalue weighted by molar-refractivity contribution is 0.0572. The molecule has 5 heteroatoms. The summed E-state index contributed by atoms with van der Waals surface area (Å²) in [5.41, 5.74) is 5.86. The number of benzene rings is 1. The first-order chi connectivity index (χ1) is 8.44. The second-order valence-electron chi connectivity index (χ2n) is 4.90. The summed E-state index contributed by atoms with van der Waals surface area (Å²) in [7, 11) is 1.51. The van der Waals surface area contributed by atoms with Crippen LogP contribution in [0, 0.1) is 0 Å². The molecule has 0 saturated carbocycles. The number of nitrogens with zero attached hydrogens (tertiary/aromatic N) is 1. The van der Waals surface area contributed by atoms with Crippen molar-refractivity contribution in [1.29, 1.82) is 0 Å². The third-order valence-corrected chi connectivity index (χ3v) is 3.26. The molecular weight excluding hydrogens is 232 g/mol. The average molecular weight is 250 g/mol. The lowest BCUT2D eigenvalue weighted by Crippen LogP contribution is -2.34. The molecule has 1 aromatic rings. The Morgan fingerprint density at radius 1 is 1.56 bits per heavy atom. The standard InChI is InChI=1S/C13H18N2O3/c1-13(17)6-7-15(8-13)12(16)9-4-3-5-10(18-2)11(9)14/h3-5,17H,6-8,14H2,1-2H3. The van der Waals surface area contributed by atoms with Crippen molar-refractivity contribution in [3.05, 3.63) is 23.8 Å². The van der Waals surface area contributed by atoms with Gasteiger partial charge in [-0.3, -0.25) is 4.79 Å². The highest BCUT2D eigenvalue weighted by molar-refractivity contribution is 6.00. The molecule has 0 aliphatic carbocycles.